The summed E-state index contributed by atoms with van der Waals surface area (Å²) in [6, 6.07) is 0. The second-order valence-electron chi connectivity index (χ2n) is 1.60. The third kappa shape index (κ3) is 8.98. The largest absolute Gasteiger partial charge is 0.395 e. The van der Waals surface area contributed by atoms with Crippen molar-refractivity contribution in [1.82, 2.24) is 5.32 Å². The molecule has 0 aromatic rings. The molecule has 0 unspecified atom stereocenters. The van der Waals surface area contributed by atoms with Crippen LogP contribution >= 0.6 is 0 Å². The molecule has 0 aromatic heterocycles. The molecule has 0 rings (SSSR count). The minimum Gasteiger partial charge on any atom is -0.395 e. The van der Waals surface area contributed by atoms with Gasteiger partial charge in [-0.15, -0.1) is 13.2 Å². The molecular formula is C9H17NO. The number of aliphatic hydroxyl groups is 1. The number of rotatable bonds is 4. The van der Waals surface area contributed by atoms with Crippen LogP contribution in [0, 0.1) is 0 Å². The van der Waals surface area contributed by atoms with Crippen molar-refractivity contribution in [3.63, 3.8) is 0 Å². The van der Waals surface area contributed by atoms with Crippen LogP contribution < -0.4 is 5.32 Å². The van der Waals surface area contributed by atoms with Crippen LogP contribution in [0.2, 0.25) is 0 Å². The average molecular weight is 155 g/mol. The Kier molecular flexibility index (Phi) is 13.5. The lowest BCUT2D eigenvalue weighted by atomic mass is 10.4. The summed E-state index contributed by atoms with van der Waals surface area (Å²) in [6.45, 7) is 12.2. The van der Waals surface area contributed by atoms with Gasteiger partial charge in [-0.2, -0.15) is 0 Å². The van der Waals surface area contributed by atoms with Gasteiger partial charge in [-0.1, -0.05) is 12.7 Å². The van der Waals surface area contributed by atoms with Gasteiger partial charge in [0.1, 0.15) is 0 Å². The van der Waals surface area contributed by atoms with E-state index in [9.17, 15) is 0 Å². The maximum atomic E-state index is 8.38. The third-order valence-corrected chi connectivity index (χ3v) is 0.972. The van der Waals surface area contributed by atoms with Crippen molar-refractivity contribution in [2.45, 2.75) is 6.92 Å². The molecular weight excluding hydrogens is 138 g/mol. The summed E-state index contributed by atoms with van der Waals surface area (Å²) in [7, 11) is 0. The van der Waals surface area contributed by atoms with Gasteiger partial charge in [-0.05, 0) is 13.0 Å². The van der Waals surface area contributed by atoms with Crippen molar-refractivity contribution < 1.29 is 5.11 Å². The maximum absolute atomic E-state index is 8.38. The van der Waals surface area contributed by atoms with Gasteiger partial charge in [-0.25, -0.2) is 0 Å². The molecule has 0 aliphatic carbocycles. The first-order chi connectivity index (χ1) is 5.35. The Morgan fingerprint density at radius 1 is 1.55 bits per heavy atom. The summed E-state index contributed by atoms with van der Waals surface area (Å²) in [5, 5.41) is 11.3. The topological polar surface area (TPSA) is 32.3 Å². The fraction of sp³-hybridized carbons (Fsp3) is 0.333. The SMILES string of the molecule is C=C.C=C/C(=C\C)NCCO. The predicted molar refractivity (Wildman–Crippen MR) is 50.3 cm³/mol. The number of aliphatic hydroxyl groups excluding tert-OH is 1. The van der Waals surface area contributed by atoms with E-state index in [2.05, 4.69) is 25.1 Å². The van der Waals surface area contributed by atoms with Gasteiger partial charge in [0.15, 0.2) is 0 Å². The highest BCUT2D eigenvalue weighted by Crippen LogP contribution is 1.86. The molecule has 2 N–H and O–H groups in total. The Morgan fingerprint density at radius 3 is 2.36 bits per heavy atom. The molecule has 0 heterocycles. The molecule has 0 bridgehead atoms. The van der Waals surface area contributed by atoms with Crippen molar-refractivity contribution in [3.8, 4) is 0 Å². The second-order valence-corrected chi connectivity index (χ2v) is 1.60. The van der Waals surface area contributed by atoms with Crippen LogP contribution in [0.3, 0.4) is 0 Å². The third-order valence-electron chi connectivity index (χ3n) is 0.972. The van der Waals surface area contributed by atoms with E-state index in [1.807, 2.05) is 13.0 Å². The molecule has 0 amide bonds. The lowest BCUT2D eigenvalue weighted by molar-refractivity contribution is 0.297. The molecule has 0 aliphatic rings. The molecule has 0 saturated heterocycles. The molecule has 0 saturated carbocycles. The van der Waals surface area contributed by atoms with Gasteiger partial charge in [0.2, 0.25) is 0 Å². The van der Waals surface area contributed by atoms with Crippen LogP contribution in [0.15, 0.2) is 37.6 Å². The molecule has 0 aromatic carbocycles. The van der Waals surface area contributed by atoms with Crippen LogP contribution in [-0.4, -0.2) is 18.3 Å². The van der Waals surface area contributed by atoms with E-state index in [1.165, 1.54) is 0 Å². The van der Waals surface area contributed by atoms with E-state index in [1.54, 1.807) is 6.08 Å². The zero-order valence-electron chi connectivity index (χ0n) is 7.14. The van der Waals surface area contributed by atoms with E-state index >= 15 is 0 Å². The normalized spacial score (nSPS) is 9.45. The van der Waals surface area contributed by atoms with Gasteiger partial charge < -0.3 is 10.4 Å². The van der Waals surface area contributed by atoms with Crippen LogP contribution in [0.1, 0.15) is 6.92 Å². The quantitative estimate of drug-likeness (QED) is 0.476. The summed E-state index contributed by atoms with van der Waals surface area (Å²) in [4.78, 5) is 0. The Balaban J connectivity index is 0. The van der Waals surface area contributed by atoms with E-state index < -0.39 is 0 Å². The Hall–Kier alpha value is -1.02. The van der Waals surface area contributed by atoms with Gasteiger partial charge in [0.25, 0.3) is 0 Å². The average Bonchev–Trinajstić information content (AvgIpc) is 2.10. The minimum atomic E-state index is 0.158. The fourth-order valence-corrected chi connectivity index (χ4v) is 0.492. The first kappa shape index (κ1) is 12.6. The van der Waals surface area contributed by atoms with Crippen LogP contribution in [0.5, 0.6) is 0 Å². The monoisotopic (exact) mass is 155 g/mol. The van der Waals surface area contributed by atoms with Crippen LogP contribution in [0.4, 0.5) is 0 Å². The van der Waals surface area contributed by atoms with E-state index in [-0.39, 0.29) is 6.61 Å². The summed E-state index contributed by atoms with van der Waals surface area (Å²) >= 11 is 0. The van der Waals surface area contributed by atoms with Crippen molar-refractivity contribution in [1.29, 1.82) is 0 Å². The van der Waals surface area contributed by atoms with Gasteiger partial charge in [0.05, 0.1) is 6.61 Å². The van der Waals surface area contributed by atoms with Crippen LogP contribution in [-0.2, 0) is 0 Å². The molecule has 0 spiro atoms. The number of hydrogen-bond acceptors (Lipinski definition) is 2. The molecule has 64 valence electrons. The number of allylic oxidation sites excluding steroid dienone is 2. The second kappa shape index (κ2) is 11.7. The predicted octanol–water partition coefficient (Wildman–Crippen LogP) is 1.46. The smallest absolute Gasteiger partial charge is 0.0604 e. The highest BCUT2D eigenvalue weighted by molar-refractivity contribution is 5.12. The summed E-state index contributed by atoms with van der Waals surface area (Å²) in [5.74, 6) is 0. The molecule has 0 fully saturated rings. The fourth-order valence-electron chi connectivity index (χ4n) is 0.492. The van der Waals surface area contributed by atoms with Crippen LogP contribution in [0.25, 0.3) is 0 Å². The van der Waals surface area contributed by atoms with Crippen molar-refractivity contribution >= 4 is 0 Å². The lowest BCUT2D eigenvalue weighted by Crippen LogP contribution is -2.15. The van der Waals surface area contributed by atoms with Gasteiger partial charge in [0, 0.05) is 12.2 Å². The highest BCUT2D eigenvalue weighted by Gasteiger charge is 1.83. The maximum Gasteiger partial charge on any atom is 0.0604 e. The molecule has 0 aliphatic heterocycles. The first-order valence-electron chi connectivity index (χ1n) is 3.48. The van der Waals surface area contributed by atoms with Crippen molar-refractivity contribution in [2.24, 2.45) is 0 Å². The number of hydrogen-bond donors (Lipinski definition) is 2. The van der Waals surface area contributed by atoms with Gasteiger partial charge >= 0.3 is 0 Å². The summed E-state index contributed by atoms with van der Waals surface area (Å²) in [6.07, 6.45) is 3.62. The Morgan fingerprint density at radius 2 is 2.09 bits per heavy atom. The highest BCUT2D eigenvalue weighted by atomic mass is 16.3. The summed E-state index contributed by atoms with van der Waals surface area (Å²) < 4.78 is 0. The standard InChI is InChI=1S/C7H13NO.C2H4/c1-3-7(4-2)8-5-6-9;1-2/h3-4,8-9H,1,5-6H2,2H3;1-2H2/b7-4+;. The first-order valence-corrected chi connectivity index (χ1v) is 3.48. The molecule has 0 radical (unpaired) electrons. The molecule has 11 heavy (non-hydrogen) atoms. The summed E-state index contributed by atoms with van der Waals surface area (Å²) in [5.41, 5.74) is 0.962. The van der Waals surface area contributed by atoms with Crippen molar-refractivity contribution in [3.05, 3.63) is 37.6 Å². The zero-order chi connectivity index (χ0) is 9.11. The van der Waals surface area contributed by atoms with E-state index in [0.717, 1.165) is 5.70 Å². The molecule has 2 nitrogen and oxygen atoms in total. The number of nitrogens with one attached hydrogen (secondary N) is 1. The van der Waals surface area contributed by atoms with E-state index in [4.69, 9.17) is 5.11 Å². The lowest BCUT2D eigenvalue weighted by Gasteiger charge is -2.01. The molecule has 0 atom stereocenters. The molecule has 2 heteroatoms. The van der Waals surface area contributed by atoms with E-state index in [0.29, 0.717) is 6.54 Å². The Bertz CT molecular complexity index is 119. The Labute approximate surface area is 68.9 Å². The van der Waals surface area contributed by atoms with Crippen molar-refractivity contribution in [2.75, 3.05) is 13.2 Å². The minimum absolute atomic E-state index is 0.158. The zero-order valence-corrected chi connectivity index (χ0v) is 7.14. The van der Waals surface area contributed by atoms with Gasteiger partial charge in [-0.3, -0.25) is 0 Å².